The van der Waals surface area contributed by atoms with E-state index in [1.54, 1.807) is 12.1 Å². The van der Waals surface area contributed by atoms with Crippen molar-refractivity contribution in [3.05, 3.63) is 29.8 Å². The second kappa shape index (κ2) is 18.6. The SMILES string of the molecule is CCCCNc1ccc(C(=O)OCCOCCOCCOCCOCCC(=O)O)cc1. The molecule has 0 atom stereocenters. The van der Waals surface area contributed by atoms with Gasteiger partial charge >= 0.3 is 11.9 Å². The van der Waals surface area contributed by atoms with Crippen LogP contribution in [0.15, 0.2) is 24.3 Å². The minimum atomic E-state index is -0.879. The molecule has 0 aliphatic heterocycles. The van der Waals surface area contributed by atoms with Crippen molar-refractivity contribution < 1.29 is 38.4 Å². The van der Waals surface area contributed by atoms with E-state index in [0.717, 1.165) is 25.1 Å². The molecule has 9 heteroatoms. The molecule has 0 spiro atoms. The van der Waals surface area contributed by atoms with Crippen LogP contribution in [-0.2, 0) is 28.5 Å². The van der Waals surface area contributed by atoms with Gasteiger partial charge in [-0.3, -0.25) is 4.79 Å². The first-order valence-electron chi connectivity index (χ1n) is 10.7. The van der Waals surface area contributed by atoms with Gasteiger partial charge in [0, 0.05) is 12.2 Å². The number of ether oxygens (including phenoxy) is 5. The number of aliphatic carboxylic acids is 1. The van der Waals surface area contributed by atoms with Gasteiger partial charge in [-0.05, 0) is 30.7 Å². The van der Waals surface area contributed by atoms with Crippen LogP contribution in [0.3, 0.4) is 0 Å². The van der Waals surface area contributed by atoms with Crippen LogP contribution >= 0.6 is 0 Å². The van der Waals surface area contributed by atoms with Gasteiger partial charge in [0.25, 0.3) is 0 Å². The van der Waals surface area contributed by atoms with Gasteiger partial charge in [0.1, 0.15) is 6.61 Å². The number of carbonyl (C=O) groups is 2. The predicted molar refractivity (Wildman–Crippen MR) is 116 cm³/mol. The van der Waals surface area contributed by atoms with Crippen molar-refractivity contribution in [1.29, 1.82) is 0 Å². The number of anilines is 1. The quantitative estimate of drug-likeness (QED) is 0.233. The highest BCUT2D eigenvalue weighted by Gasteiger charge is 2.06. The Morgan fingerprint density at radius 3 is 1.84 bits per heavy atom. The average molecular weight is 442 g/mol. The van der Waals surface area contributed by atoms with Crippen LogP contribution in [0.1, 0.15) is 36.5 Å². The molecular formula is C22H35NO8. The molecule has 0 fully saturated rings. The maximum atomic E-state index is 12.0. The fourth-order valence-corrected chi connectivity index (χ4v) is 2.33. The number of carboxylic acid groups (broad SMARTS) is 1. The minimum Gasteiger partial charge on any atom is -0.481 e. The van der Waals surface area contributed by atoms with E-state index in [1.165, 1.54) is 0 Å². The largest absolute Gasteiger partial charge is 0.481 e. The van der Waals surface area contributed by atoms with Crippen LogP contribution in [0.5, 0.6) is 0 Å². The number of benzene rings is 1. The molecule has 0 aliphatic rings. The lowest BCUT2D eigenvalue weighted by Crippen LogP contribution is -2.15. The van der Waals surface area contributed by atoms with Crippen LogP contribution in [0.2, 0.25) is 0 Å². The maximum absolute atomic E-state index is 12.0. The zero-order chi connectivity index (χ0) is 22.6. The summed E-state index contributed by atoms with van der Waals surface area (Å²) in [6.45, 7) is 6.14. The summed E-state index contributed by atoms with van der Waals surface area (Å²) in [7, 11) is 0. The highest BCUT2D eigenvalue weighted by atomic mass is 16.6. The molecule has 0 radical (unpaired) electrons. The van der Waals surface area contributed by atoms with Gasteiger partial charge in [-0.2, -0.15) is 0 Å². The van der Waals surface area contributed by atoms with Crippen LogP contribution in [0, 0.1) is 0 Å². The molecule has 0 amide bonds. The number of esters is 1. The molecule has 1 aromatic rings. The normalized spacial score (nSPS) is 10.7. The molecule has 176 valence electrons. The first-order valence-corrected chi connectivity index (χ1v) is 10.7. The third-order valence-electron chi connectivity index (χ3n) is 4.02. The van der Waals surface area contributed by atoms with E-state index in [4.69, 9.17) is 28.8 Å². The van der Waals surface area contributed by atoms with Crippen molar-refractivity contribution in [1.82, 2.24) is 0 Å². The molecule has 2 N–H and O–H groups in total. The standard InChI is InChI=1S/C22H35NO8/c1-2-3-9-23-20-6-4-19(5-7-20)22(26)31-18-17-30-16-15-29-14-13-28-12-11-27-10-8-21(24)25/h4-7,23H,2-3,8-18H2,1H3,(H,24,25). The van der Waals surface area contributed by atoms with E-state index in [2.05, 4.69) is 12.2 Å². The molecular weight excluding hydrogens is 406 g/mol. The topological polar surface area (TPSA) is 113 Å². The van der Waals surface area contributed by atoms with E-state index in [0.29, 0.717) is 51.8 Å². The zero-order valence-electron chi connectivity index (χ0n) is 18.3. The smallest absolute Gasteiger partial charge is 0.338 e. The van der Waals surface area contributed by atoms with Crippen LogP contribution in [0.4, 0.5) is 5.69 Å². The first-order chi connectivity index (χ1) is 15.1. The lowest BCUT2D eigenvalue weighted by Gasteiger charge is -2.09. The number of rotatable bonds is 20. The summed E-state index contributed by atoms with van der Waals surface area (Å²) in [5.41, 5.74) is 1.50. The van der Waals surface area contributed by atoms with E-state index < -0.39 is 5.97 Å². The second-order valence-electron chi connectivity index (χ2n) is 6.59. The van der Waals surface area contributed by atoms with Crippen LogP contribution < -0.4 is 5.32 Å². The fourth-order valence-electron chi connectivity index (χ4n) is 2.33. The van der Waals surface area contributed by atoms with Crippen molar-refractivity contribution in [2.45, 2.75) is 26.2 Å². The van der Waals surface area contributed by atoms with Crippen LogP contribution in [-0.4, -0.2) is 83.1 Å². The summed E-state index contributed by atoms with van der Waals surface area (Å²) in [6.07, 6.45) is 2.23. The highest BCUT2D eigenvalue weighted by molar-refractivity contribution is 5.89. The Labute approximate surface area is 184 Å². The molecule has 1 aromatic carbocycles. The van der Waals surface area contributed by atoms with Gasteiger partial charge in [-0.1, -0.05) is 13.3 Å². The number of carbonyl (C=O) groups excluding carboxylic acids is 1. The number of hydrogen-bond acceptors (Lipinski definition) is 8. The first kappa shape index (κ1) is 26.8. The summed E-state index contributed by atoms with van der Waals surface area (Å²) >= 11 is 0. The van der Waals surface area contributed by atoms with E-state index in [9.17, 15) is 9.59 Å². The Morgan fingerprint density at radius 1 is 0.806 bits per heavy atom. The lowest BCUT2D eigenvalue weighted by molar-refractivity contribution is -0.138. The Bertz CT molecular complexity index is 594. The molecule has 0 saturated carbocycles. The van der Waals surface area contributed by atoms with Crippen molar-refractivity contribution in [2.24, 2.45) is 0 Å². The summed E-state index contributed by atoms with van der Waals surface area (Å²) in [6, 6.07) is 7.23. The van der Waals surface area contributed by atoms with Gasteiger partial charge in [0.05, 0.1) is 64.8 Å². The number of unbranched alkanes of at least 4 members (excludes halogenated alkanes) is 1. The third-order valence-corrected chi connectivity index (χ3v) is 4.02. The maximum Gasteiger partial charge on any atom is 0.338 e. The monoisotopic (exact) mass is 441 g/mol. The Morgan fingerprint density at radius 2 is 1.32 bits per heavy atom. The second-order valence-corrected chi connectivity index (χ2v) is 6.59. The number of nitrogens with one attached hydrogen (secondary N) is 1. The number of hydrogen-bond donors (Lipinski definition) is 2. The van der Waals surface area contributed by atoms with E-state index in [1.807, 2.05) is 12.1 Å². The Balaban J connectivity index is 1.90. The molecule has 0 aliphatic carbocycles. The highest BCUT2D eigenvalue weighted by Crippen LogP contribution is 2.10. The van der Waals surface area contributed by atoms with Gasteiger partial charge < -0.3 is 34.1 Å². The Kier molecular flexibility index (Phi) is 16.1. The van der Waals surface area contributed by atoms with E-state index in [-0.39, 0.29) is 25.6 Å². The molecule has 0 aromatic heterocycles. The van der Waals surface area contributed by atoms with Gasteiger partial charge in [0.15, 0.2) is 0 Å². The molecule has 0 unspecified atom stereocenters. The fraction of sp³-hybridized carbons (Fsp3) is 0.636. The van der Waals surface area contributed by atoms with Gasteiger partial charge in [0.2, 0.25) is 0 Å². The summed E-state index contributed by atoms with van der Waals surface area (Å²) in [5.74, 6) is -1.25. The summed E-state index contributed by atoms with van der Waals surface area (Å²) in [5, 5.41) is 11.7. The molecule has 0 heterocycles. The molecule has 31 heavy (non-hydrogen) atoms. The minimum absolute atomic E-state index is 0.00762. The average Bonchev–Trinajstić information content (AvgIpc) is 2.76. The van der Waals surface area contributed by atoms with Crippen molar-refractivity contribution >= 4 is 17.6 Å². The molecule has 0 bridgehead atoms. The van der Waals surface area contributed by atoms with Crippen molar-refractivity contribution in [3.63, 3.8) is 0 Å². The van der Waals surface area contributed by atoms with Gasteiger partial charge in [-0.15, -0.1) is 0 Å². The third kappa shape index (κ3) is 15.3. The summed E-state index contributed by atoms with van der Waals surface area (Å²) in [4.78, 5) is 22.3. The van der Waals surface area contributed by atoms with Gasteiger partial charge in [-0.25, -0.2) is 4.79 Å². The zero-order valence-corrected chi connectivity index (χ0v) is 18.3. The number of carboxylic acids is 1. The molecule has 0 saturated heterocycles. The molecule has 9 nitrogen and oxygen atoms in total. The lowest BCUT2D eigenvalue weighted by atomic mass is 10.2. The van der Waals surface area contributed by atoms with E-state index >= 15 is 0 Å². The van der Waals surface area contributed by atoms with Crippen LogP contribution in [0.25, 0.3) is 0 Å². The predicted octanol–water partition coefficient (Wildman–Crippen LogP) is 2.60. The summed E-state index contributed by atoms with van der Waals surface area (Å²) < 4.78 is 26.3. The molecule has 1 rings (SSSR count). The van der Waals surface area contributed by atoms with Crippen molar-refractivity contribution in [2.75, 3.05) is 71.3 Å². The van der Waals surface area contributed by atoms with Crippen molar-refractivity contribution in [3.8, 4) is 0 Å². The Hall–Kier alpha value is -2.20.